The lowest BCUT2D eigenvalue weighted by Crippen LogP contribution is -2.53. The molecular weight excluding hydrogens is 160 g/mol. The molecule has 1 saturated heterocycles. The van der Waals surface area contributed by atoms with Gasteiger partial charge in [-0.05, 0) is 32.6 Å². The highest BCUT2D eigenvalue weighted by Gasteiger charge is 2.29. The van der Waals surface area contributed by atoms with Crippen LogP contribution in [0.1, 0.15) is 40.5 Å². The molecule has 0 amide bonds. The number of nitrogens with two attached hydrogens (primary N) is 1. The largest absolute Gasteiger partial charge is 0.327 e. The molecule has 2 nitrogen and oxygen atoms in total. The minimum Gasteiger partial charge on any atom is -0.327 e. The van der Waals surface area contributed by atoms with Crippen LogP contribution in [0.15, 0.2) is 0 Å². The molecule has 0 aromatic heterocycles. The summed E-state index contributed by atoms with van der Waals surface area (Å²) in [5.41, 5.74) is 5.98. The molecule has 2 N–H and O–H groups in total. The van der Waals surface area contributed by atoms with Gasteiger partial charge in [0.1, 0.15) is 0 Å². The van der Waals surface area contributed by atoms with Crippen molar-refractivity contribution in [3.05, 3.63) is 0 Å². The van der Waals surface area contributed by atoms with E-state index in [1.807, 2.05) is 0 Å². The molecule has 0 bridgehead atoms. The van der Waals surface area contributed by atoms with Crippen LogP contribution in [-0.4, -0.2) is 29.6 Å². The van der Waals surface area contributed by atoms with Gasteiger partial charge in [-0.2, -0.15) is 0 Å². The van der Waals surface area contributed by atoms with Crippen LogP contribution in [0.25, 0.3) is 0 Å². The monoisotopic (exact) mass is 184 g/mol. The quantitative estimate of drug-likeness (QED) is 0.709. The molecule has 0 spiro atoms. The van der Waals surface area contributed by atoms with Gasteiger partial charge >= 0.3 is 0 Å². The molecular formula is C11H24N2. The van der Waals surface area contributed by atoms with Crippen molar-refractivity contribution < 1.29 is 0 Å². The summed E-state index contributed by atoms with van der Waals surface area (Å²) < 4.78 is 0. The highest BCUT2D eigenvalue weighted by atomic mass is 15.2. The average molecular weight is 184 g/mol. The molecule has 1 rings (SSSR count). The second-order valence-corrected chi connectivity index (χ2v) is 4.94. The Kier molecular flexibility index (Phi) is 3.74. The van der Waals surface area contributed by atoms with Crippen LogP contribution < -0.4 is 5.73 Å². The van der Waals surface area contributed by atoms with E-state index >= 15 is 0 Å². The molecule has 0 radical (unpaired) electrons. The second-order valence-electron chi connectivity index (χ2n) is 4.94. The van der Waals surface area contributed by atoms with Gasteiger partial charge in [0.15, 0.2) is 0 Å². The first kappa shape index (κ1) is 11.0. The van der Waals surface area contributed by atoms with Crippen molar-refractivity contribution in [1.82, 2.24) is 4.90 Å². The summed E-state index contributed by atoms with van der Waals surface area (Å²) in [7, 11) is 0. The van der Waals surface area contributed by atoms with Crippen LogP contribution in [0.5, 0.6) is 0 Å². The van der Waals surface area contributed by atoms with Gasteiger partial charge in [-0.25, -0.2) is 0 Å². The average Bonchev–Trinajstić information content (AvgIpc) is 2.03. The molecule has 13 heavy (non-hydrogen) atoms. The van der Waals surface area contributed by atoms with Crippen molar-refractivity contribution in [2.75, 3.05) is 6.54 Å². The van der Waals surface area contributed by atoms with Gasteiger partial charge in [0.05, 0.1) is 0 Å². The lowest BCUT2D eigenvalue weighted by atomic mass is 9.90. The van der Waals surface area contributed by atoms with Crippen LogP contribution in [0.2, 0.25) is 0 Å². The Hall–Kier alpha value is -0.0800. The maximum absolute atomic E-state index is 5.98. The van der Waals surface area contributed by atoms with E-state index in [4.69, 9.17) is 5.73 Å². The van der Waals surface area contributed by atoms with Gasteiger partial charge < -0.3 is 5.73 Å². The van der Waals surface area contributed by atoms with Crippen molar-refractivity contribution in [1.29, 1.82) is 0 Å². The number of rotatable bonds is 2. The first-order chi connectivity index (χ1) is 6.02. The molecule has 0 saturated carbocycles. The van der Waals surface area contributed by atoms with Gasteiger partial charge in [-0.15, -0.1) is 0 Å². The lowest BCUT2D eigenvalue weighted by Gasteiger charge is -2.43. The Morgan fingerprint density at radius 1 is 1.15 bits per heavy atom. The Labute approximate surface area is 82.5 Å². The zero-order valence-electron chi connectivity index (χ0n) is 9.46. The first-order valence-corrected chi connectivity index (χ1v) is 5.53. The van der Waals surface area contributed by atoms with Gasteiger partial charge in [0, 0.05) is 24.7 Å². The van der Waals surface area contributed by atoms with Gasteiger partial charge in [0.25, 0.3) is 0 Å². The molecule has 1 aliphatic heterocycles. The molecule has 1 heterocycles. The van der Waals surface area contributed by atoms with Gasteiger partial charge in [-0.1, -0.05) is 13.8 Å². The molecule has 0 aliphatic carbocycles. The number of likely N-dealkylation sites (tertiary alicyclic amines) is 1. The van der Waals surface area contributed by atoms with E-state index < -0.39 is 0 Å². The lowest BCUT2D eigenvalue weighted by molar-refractivity contribution is 0.0705. The predicted molar refractivity (Wildman–Crippen MR) is 57.7 cm³/mol. The van der Waals surface area contributed by atoms with Crippen LogP contribution in [0.4, 0.5) is 0 Å². The van der Waals surface area contributed by atoms with E-state index in [9.17, 15) is 0 Å². The first-order valence-electron chi connectivity index (χ1n) is 5.53. The minimum atomic E-state index is 0.400. The fourth-order valence-electron chi connectivity index (χ4n) is 2.36. The fraction of sp³-hybridized carbons (Fsp3) is 1.00. The van der Waals surface area contributed by atoms with E-state index in [-0.39, 0.29) is 0 Å². The molecule has 2 unspecified atom stereocenters. The van der Waals surface area contributed by atoms with Crippen molar-refractivity contribution >= 4 is 0 Å². The van der Waals surface area contributed by atoms with Crippen LogP contribution in [0, 0.1) is 5.92 Å². The Morgan fingerprint density at radius 2 is 1.77 bits per heavy atom. The molecule has 1 fully saturated rings. The summed E-state index contributed by atoms with van der Waals surface area (Å²) in [5, 5.41) is 0. The van der Waals surface area contributed by atoms with Crippen molar-refractivity contribution in [3.63, 3.8) is 0 Å². The third kappa shape index (κ3) is 2.68. The van der Waals surface area contributed by atoms with Crippen LogP contribution >= 0.6 is 0 Å². The highest BCUT2D eigenvalue weighted by Crippen LogP contribution is 2.24. The molecule has 2 atom stereocenters. The van der Waals surface area contributed by atoms with E-state index in [0.717, 1.165) is 18.5 Å². The number of nitrogens with zero attached hydrogens (tertiary/aromatic N) is 1. The predicted octanol–water partition coefficient (Wildman–Crippen LogP) is 1.84. The second kappa shape index (κ2) is 4.43. The molecule has 1 aliphatic rings. The van der Waals surface area contributed by atoms with Crippen molar-refractivity contribution in [2.45, 2.75) is 58.7 Å². The van der Waals surface area contributed by atoms with E-state index in [1.54, 1.807) is 0 Å². The molecule has 0 aromatic rings. The number of hydrogen-bond acceptors (Lipinski definition) is 2. The third-order valence-corrected chi connectivity index (χ3v) is 3.14. The molecule has 78 valence electrons. The van der Waals surface area contributed by atoms with E-state index in [2.05, 4.69) is 32.6 Å². The van der Waals surface area contributed by atoms with E-state index in [0.29, 0.717) is 12.1 Å². The normalized spacial score (nSPS) is 31.6. The topological polar surface area (TPSA) is 29.3 Å². The number of piperidine rings is 1. The highest BCUT2D eigenvalue weighted by molar-refractivity contribution is 4.86. The summed E-state index contributed by atoms with van der Waals surface area (Å²) in [6.45, 7) is 10.3. The van der Waals surface area contributed by atoms with E-state index in [1.165, 1.54) is 12.8 Å². The van der Waals surface area contributed by atoms with Crippen LogP contribution in [-0.2, 0) is 0 Å². The molecule has 2 heteroatoms. The SMILES string of the molecule is CC(C)C1CCC(N)CN1C(C)C. The Balaban J connectivity index is 2.60. The zero-order chi connectivity index (χ0) is 10.0. The smallest absolute Gasteiger partial charge is 0.0168 e. The summed E-state index contributed by atoms with van der Waals surface area (Å²) >= 11 is 0. The van der Waals surface area contributed by atoms with Crippen molar-refractivity contribution in [3.8, 4) is 0 Å². The standard InChI is InChI=1S/C11H24N2/c1-8(2)11-6-5-10(12)7-13(11)9(3)4/h8-11H,5-7,12H2,1-4H3. The summed E-state index contributed by atoms with van der Waals surface area (Å²) in [4.78, 5) is 2.57. The third-order valence-electron chi connectivity index (χ3n) is 3.14. The minimum absolute atomic E-state index is 0.400. The maximum Gasteiger partial charge on any atom is 0.0168 e. The van der Waals surface area contributed by atoms with Gasteiger partial charge in [0.2, 0.25) is 0 Å². The Bertz CT molecular complexity index is 154. The zero-order valence-corrected chi connectivity index (χ0v) is 9.46. The fourth-order valence-corrected chi connectivity index (χ4v) is 2.36. The maximum atomic E-state index is 5.98. The summed E-state index contributed by atoms with van der Waals surface area (Å²) in [6, 6.07) is 1.79. The summed E-state index contributed by atoms with van der Waals surface area (Å²) in [5.74, 6) is 0.759. The summed E-state index contributed by atoms with van der Waals surface area (Å²) in [6.07, 6.45) is 2.48. The van der Waals surface area contributed by atoms with Crippen LogP contribution in [0.3, 0.4) is 0 Å². The Morgan fingerprint density at radius 3 is 2.23 bits per heavy atom. The van der Waals surface area contributed by atoms with Gasteiger partial charge in [-0.3, -0.25) is 4.90 Å². The van der Waals surface area contributed by atoms with Crippen molar-refractivity contribution in [2.24, 2.45) is 11.7 Å². The molecule has 0 aromatic carbocycles. The number of hydrogen-bond donors (Lipinski definition) is 1.